The fourth-order valence-corrected chi connectivity index (χ4v) is 2.13. The Balaban J connectivity index is 2.88. The quantitative estimate of drug-likeness (QED) is 0.704. The number of aliphatic hydroxyl groups is 1. The summed E-state index contributed by atoms with van der Waals surface area (Å²) in [7, 11) is 1.56. The Bertz CT molecular complexity index is 191. The Hall–Kier alpha value is -0.320. The summed E-state index contributed by atoms with van der Waals surface area (Å²) in [6.07, 6.45) is 1.69. The van der Waals surface area contributed by atoms with Crippen LogP contribution < -0.4 is 0 Å². The largest absolute Gasteiger partial charge is 0.504 e. The van der Waals surface area contributed by atoms with Gasteiger partial charge in [0.25, 0.3) is 0 Å². The third-order valence-corrected chi connectivity index (χ3v) is 2.63. The van der Waals surface area contributed by atoms with Gasteiger partial charge in [-0.25, -0.2) is 0 Å². The maximum Gasteiger partial charge on any atom is 0.166 e. The molecule has 1 heterocycles. The van der Waals surface area contributed by atoms with Gasteiger partial charge in [-0.1, -0.05) is 20.7 Å². The molecule has 0 fully saturated rings. The van der Waals surface area contributed by atoms with Gasteiger partial charge in [-0.15, -0.1) is 0 Å². The normalized spacial score (nSPS) is 17.4. The number of hydrogen-bond acceptors (Lipinski definition) is 2. The van der Waals surface area contributed by atoms with Crippen molar-refractivity contribution in [2.75, 3.05) is 7.11 Å². The Kier molecular flexibility index (Phi) is 2.27. The fraction of sp³-hybridized carbons (Fsp3) is 0.167. The van der Waals surface area contributed by atoms with E-state index in [1.807, 2.05) is 8.09 Å². The van der Waals surface area contributed by atoms with Gasteiger partial charge in [0.2, 0.25) is 0 Å². The molecule has 0 saturated carbocycles. The van der Waals surface area contributed by atoms with E-state index in [4.69, 9.17) is 9.84 Å². The summed E-state index contributed by atoms with van der Waals surface area (Å²) in [5.41, 5.74) is 0. The van der Waals surface area contributed by atoms with Crippen LogP contribution in [0.15, 0.2) is 21.7 Å². The molecule has 9 heavy (non-hydrogen) atoms. The van der Waals surface area contributed by atoms with Gasteiger partial charge in [0, 0.05) is 4.01 Å². The van der Waals surface area contributed by atoms with E-state index in [0.29, 0.717) is 5.76 Å². The Morgan fingerprint density at radius 1 is 1.67 bits per heavy atom. The predicted octanol–water partition coefficient (Wildman–Crippen LogP) is 1.70. The van der Waals surface area contributed by atoms with Crippen LogP contribution in [0.25, 0.3) is 0 Å². The highest BCUT2D eigenvalue weighted by atomic mass is 127. The molecule has 0 bridgehead atoms. The van der Waals surface area contributed by atoms with E-state index in [2.05, 4.69) is 0 Å². The Morgan fingerprint density at radius 2 is 2.44 bits per heavy atom. The van der Waals surface area contributed by atoms with Crippen molar-refractivity contribution < 1.29 is 9.84 Å². The third kappa shape index (κ3) is 1.54. The second-order valence-electron chi connectivity index (χ2n) is 1.48. The van der Waals surface area contributed by atoms with Crippen LogP contribution >= 0.6 is 20.7 Å². The van der Waals surface area contributed by atoms with Gasteiger partial charge in [0.15, 0.2) is 11.5 Å². The van der Waals surface area contributed by atoms with Crippen molar-refractivity contribution >= 4 is 24.7 Å². The lowest BCUT2D eigenvalue weighted by molar-refractivity contribution is 0.286. The van der Waals surface area contributed by atoms with Crippen LogP contribution in [-0.2, 0) is 4.74 Å². The van der Waals surface area contributed by atoms with Crippen LogP contribution in [0, 0.1) is 0 Å². The van der Waals surface area contributed by atoms with Crippen LogP contribution in [-0.4, -0.2) is 16.2 Å². The Labute approximate surface area is 63.6 Å². The first-order valence-electron chi connectivity index (χ1n) is 2.43. The SMILES string of the molecule is COC1=C(O)C=CI=C1. The summed E-state index contributed by atoms with van der Waals surface area (Å²) in [6, 6.07) is 0. The van der Waals surface area contributed by atoms with Crippen molar-refractivity contribution in [1.82, 2.24) is 0 Å². The molecule has 0 radical (unpaired) electrons. The molecule has 0 aromatic heterocycles. The smallest absolute Gasteiger partial charge is 0.166 e. The molecule has 1 aliphatic heterocycles. The molecule has 0 aromatic carbocycles. The number of methoxy groups -OCH3 is 1. The minimum Gasteiger partial charge on any atom is -0.504 e. The topological polar surface area (TPSA) is 29.5 Å². The van der Waals surface area contributed by atoms with Crippen LogP contribution in [0.5, 0.6) is 0 Å². The number of hydrogen-bond donors (Lipinski definition) is 1. The first kappa shape index (κ1) is 6.80. The lowest BCUT2D eigenvalue weighted by Gasteiger charge is -2.02. The van der Waals surface area contributed by atoms with Crippen LogP contribution in [0.3, 0.4) is 0 Å². The number of ether oxygens (including phenoxy) is 1. The van der Waals surface area contributed by atoms with Gasteiger partial charge in [-0.2, -0.15) is 0 Å². The van der Waals surface area contributed by atoms with E-state index in [-0.39, 0.29) is 26.5 Å². The number of aliphatic hydroxyl groups excluding tert-OH is 1. The molecule has 0 aliphatic carbocycles. The van der Waals surface area contributed by atoms with E-state index >= 15 is 0 Å². The molecular formula is C6H7IO2. The molecule has 0 amide bonds. The van der Waals surface area contributed by atoms with Crippen molar-refractivity contribution in [3.8, 4) is 0 Å². The monoisotopic (exact) mass is 238 g/mol. The van der Waals surface area contributed by atoms with Crippen molar-refractivity contribution in [3.63, 3.8) is 0 Å². The zero-order valence-corrected chi connectivity index (χ0v) is 7.12. The summed E-state index contributed by atoms with van der Waals surface area (Å²) < 4.78 is 8.78. The first-order chi connectivity index (χ1) is 4.34. The molecular weight excluding hydrogens is 231 g/mol. The number of rotatable bonds is 1. The third-order valence-electron chi connectivity index (χ3n) is 0.928. The second kappa shape index (κ2) is 3.00. The van der Waals surface area contributed by atoms with Crippen LogP contribution in [0.1, 0.15) is 0 Å². The maximum absolute atomic E-state index is 9.02. The predicted molar refractivity (Wildman–Crippen MR) is 45.9 cm³/mol. The molecule has 0 saturated heterocycles. The minimum absolute atomic E-state index is 0.00747. The van der Waals surface area contributed by atoms with Crippen molar-refractivity contribution in [2.45, 2.75) is 0 Å². The minimum atomic E-state index is -0.00747. The number of halogens is 1. The van der Waals surface area contributed by atoms with E-state index in [1.54, 1.807) is 13.2 Å². The molecule has 0 unspecified atom stereocenters. The van der Waals surface area contributed by atoms with E-state index in [0.717, 1.165) is 0 Å². The zero-order valence-electron chi connectivity index (χ0n) is 4.97. The second-order valence-corrected chi connectivity index (χ2v) is 3.54. The molecule has 1 aliphatic rings. The average molecular weight is 238 g/mol. The fourth-order valence-electron chi connectivity index (χ4n) is 0.477. The van der Waals surface area contributed by atoms with Crippen molar-refractivity contribution in [1.29, 1.82) is 0 Å². The highest BCUT2D eigenvalue weighted by molar-refractivity contribution is 14.2. The Morgan fingerprint density at radius 3 is 2.89 bits per heavy atom. The zero-order chi connectivity index (χ0) is 6.69. The van der Waals surface area contributed by atoms with Gasteiger partial charge in [-0.3, -0.25) is 0 Å². The molecule has 1 N–H and O–H groups in total. The molecule has 3 heteroatoms. The van der Waals surface area contributed by atoms with E-state index in [9.17, 15) is 0 Å². The van der Waals surface area contributed by atoms with Gasteiger partial charge >= 0.3 is 0 Å². The molecule has 1 rings (SSSR count). The molecule has 2 nitrogen and oxygen atoms in total. The number of allylic oxidation sites excluding steroid dienone is 2. The lowest BCUT2D eigenvalue weighted by atomic mass is 10.4. The van der Waals surface area contributed by atoms with Gasteiger partial charge < -0.3 is 9.84 Å². The van der Waals surface area contributed by atoms with Gasteiger partial charge in [-0.05, 0) is 10.2 Å². The summed E-state index contributed by atoms with van der Waals surface area (Å²) >= 11 is -0.00747. The summed E-state index contributed by atoms with van der Waals surface area (Å²) in [4.78, 5) is 0. The highest BCUT2D eigenvalue weighted by Crippen LogP contribution is 2.13. The van der Waals surface area contributed by atoms with E-state index < -0.39 is 0 Å². The lowest BCUT2D eigenvalue weighted by Crippen LogP contribution is -1.93. The molecule has 0 atom stereocenters. The van der Waals surface area contributed by atoms with Crippen molar-refractivity contribution in [2.24, 2.45) is 0 Å². The maximum atomic E-state index is 9.02. The van der Waals surface area contributed by atoms with Crippen LogP contribution in [0.2, 0.25) is 0 Å². The summed E-state index contributed by atoms with van der Waals surface area (Å²) in [6.45, 7) is 0. The summed E-state index contributed by atoms with van der Waals surface area (Å²) in [5, 5.41) is 9.02. The molecule has 0 aromatic rings. The first-order valence-corrected chi connectivity index (χ1v) is 4.92. The standard InChI is InChI=1S/C6H7IO2/c1-9-6-4-7-3-2-5(6)8/h2-4,8H,1H3. The van der Waals surface area contributed by atoms with E-state index in [1.165, 1.54) is 0 Å². The molecule has 0 spiro atoms. The van der Waals surface area contributed by atoms with Gasteiger partial charge in [0.1, 0.15) is 0 Å². The van der Waals surface area contributed by atoms with Crippen LogP contribution in [0.4, 0.5) is 0 Å². The highest BCUT2D eigenvalue weighted by Gasteiger charge is 1.99. The molecule has 50 valence electrons. The van der Waals surface area contributed by atoms with Gasteiger partial charge in [0.05, 0.1) is 7.11 Å². The van der Waals surface area contributed by atoms with Crippen molar-refractivity contribution in [3.05, 3.63) is 21.7 Å². The average Bonchev–Trinajstić information content (AvgIpc) is 1.89. The summed E-state index contributed by atoms with van der Waals surface area (Å²) in [5.74, 6) is 0.855.